The first-order valence-corrected chi connectivity index (χ1v) is 8.84. The molecule has 2 nitrogen and oxygen atoms in total. The molecular weight excluding hydrogens is 306 g/mol. The summed E-state index contributed by atoms with van der Waals surface area (Å²) in [6.07, 6.45) is 1.13. The average molecular weight is 329 g/mol. The van der Waals surface area contributed by atoms with Crippen molar-refractivity contribution in [2.75, 3.05) is 13.6 Å². The van der Waals surface area contributed by atoms with Crippen molar-refractivity contribution >= 4 is 0 Å². The molecule has 0 spiro atoms. The molecule has 0 radical (unpaired) electrons. The molecule has 1 aliphatic rings. The Labute approximate surface area is 149 Å². The minimum Gasteiger partial charge on any atom is -0.376 e. The summed E-state index contributed by atoms with van der Waals surface area (Å²) in [6, 6.07) is 28.6. The van der Waals surface area contributed by atoms with Gasteiger partial charge in [0.1, 0.15) is 5.60 Å². The number of hydrogen-bond acceptors (Lipinski definition) is 2. The zero-order valence-electron chi connectivity index (χ0n) is 14.5. The van der Waals surface area contributed by atoms with Crippen molar-refractivity contribution in [2.24, 2.45) is 0 Å². The largest absolute Gasteiger partial charge is 0.376 e. The Balaban J connectivity index is 1.94. The molecule has 0 bridgehead atoms. The number of likely N-dealkylation sites (tertiary alicyclic amines) is 1. The summed E-state index contributed by atoms with van der Waals surface area (Å²) in [5.74, 6) is 0. The van der Waals surface area contributed by atoms with Crippen LogP contribution in [0.2, 0.25) is 0 Å². The van der Waals surface area contributed by atoms with Gasteiger partial charge in [-0.15, -0.1) is 0 Å². The van der Waals surface area contributed by atoms with E-state index in [0.717, 1.165) is 29.7 Å². The highest BCUT2D eigenvalue weighted by Gasteiger charge is 2.38. The van der Waals surface area contributed by atoms with E-state index in [1.54, 1.807) is 0 Å². The molecule has 126 valence electrons. The van der Waals surface area contributed by atoms with E-state index < -0.39 is 5.60 Å². The third kappa shape index (κ3) is 2.68. The first-order valence-electron chi connectivity index (χ1n) is 8.84. The Morgan fingerprint density at radius 3 is 1.80 bits per heavy atom. The van der Waals surface area contributed by atoms with Gasteiger partial charge in [0.25, 0.3) is 0 Å². The van der Waals surface area contributed by atoms with Gasteiger partial charge < -0.3 is 5.11 Å². The quantitative estimate of drug-likeness (QED) is 0.720. The molecule has 1 atom stereocenters. The molecule has 3 aromatic rings. The van der Waals surface area contributed by atoms with Crippen LogP contribution < -0.4 is 0 Å². The molecule has 3 aromatic carbocycles. The van der Waals surface area contributed by atoms with Crippen LogP contribution in [-0.2, 0) is 5.60 Å². The normalized spacial score (nSPS) is 17.9. The SMILES string of the molecule is CN1CCC1c1ccccc1C(O)(c1ccccc1)c1ccccc1. The molecule has 0 aromatic heterocycles. The fraction of sp³-hybridized carbons (Fsp3) is 0.217. The van der Waals surface area contributed by atoms with E-state index >= 15 is 0 Å². The van der Waals surface area contributed by atoms with Gasteiger partial charge in [-0.25, -0.2) is 0 Å². The number of nitrogens with zero attached hydrogens (tertiary/aromatic N) is 1. The van der Waals surface area contributed by atoms with Crippen LogP contribution in [-0.4, -0.2) is 23.6 Å². The molecule has 1 heterocycles. The van der Waals surface area contributed by atoms with E-state index in [9.17, 15) is 5.11 Å². The summed E-state index contributed by atoms with van der Waals surface area (Å²) in [4.78, 5) is 2.34. The van der Waals surface area contributed by atoms with Crippen LogP contribution in [0.15, 0.2) is 84.9 Å². The summed E-state index contributed by atoms with van der Waals surface area (Å²) in [5, 5.41) is 12.0. The van der Waals surface area contributed by atoms with Crippen molar-refractivity contribution in [2.45, 2.75) is 18.1 Å². The van der Waals surface area contributed by atoms with Crippen LogP contribution in [0, 0.1) is 0 Å². The van der Waals surface area contributed by atoms with Gasteiger partial charge in [-0.3, -0.25) is 4.90 Å². The Morgan fingerprint density at radius 2 is 1.32 bits per heavy atom. The van der Waals surface area contributed by atoms with Crippen molar-refractivity contribution in [3.8, 4) is 0 Å². The molecule has 0 aliphatic carbocycles. The van der Waals surface area contributed by atoms with Crippen LogP contribution >= 0.6 is 0 Å². The molecule has 25 heavy (non-hydrogen) atoms. The van der Waals surface area contributed by atoms with Crippen molar-refractivity contribution < 1.29 is 5.11 Å². The fourth-order valence-electron chi connectivity index (χ4n) is 3.86. The van der Waals surface area contributed by atoms with Gasteiger partial charge >= 0.3 is 0 Å². The third-order valence-electron chi connectivity index (χ3n) is 5.38. The molecule has 0 amide bonds. The van der Waals surface area contributed by atoms with Gasteiger partial charge in [-0.2, -0.15) is 0 Å². The Bertz CT molecular complexity index is 805. The lowest BCUT2D eigenvalue weighted by atomic mass is 9.76. The van der Waals surface area contributed by atoms with Crippen LogP contribution in [0.3, 0.4) is 0 Å². The topological polar surface area (TPSA) is 23.5 Å². The zero-order chi connectivity index (χ0) is 17.3. The molecule has 1 aliphatic heterocycles. The minimum atomic E-state index is -1.16. The van der Waals surface area contributed by atoms with E-state index in [-0.39, 0.29) is 0 Å². The lowest BCUT2D eigenvalue weighted by Gasteiger charge is -2.42. The summed E-state index contributed by atoms with van der Waals surface area (Å²) in [5.41, 5.74) is 2.83. The average Bonchev–Trinajstić information content (AvgIpc) is 2.68. The standard InChI is InChI=1S/C23H23NO/c1-24-17-16-22(24)20-14-8-9-15-21(20)23(25,18-10-4-2-5-11-18)19-12-6-3-7-13-19/h2-15,22,25H,16-17H2,1H3. The smallest absolute Gasteiger partial charge is 0.140 e. The molecule has 1 fully saturated rings. The number of hydrogen-bond donors (Lipinski definition) is 1. The molecular formula is C23H23NO. The first kappa shape index (κ1) is 16.1. The fourth-order valence-corrected chi connectivity index (χ4v) is 3.86. The second kappa shape index (κ2) is 6.47. The molecule has 0 saturated carbocycles. The van der Waals surface area contributed by atoms with Crippen molar-refractivity contribution in [3.63, 3.8) is 0 Å². The Kier molecular flexibility index (Phi) is 4.16. The van der Waals surface area contributed by atoms with Crippen LogP contribution in [0.4, 0.5) is 0 Å². The molecule has 2 heteroatoms. The van der Waals surface area contributed by atoms with Gasteiger partial charge in [0, 0.05) is 12.6 Å². The van der Waals surface area contributed by atoms with E-state index in [0.29, 0.717) is 6.04 Å². The molecule has 4 rings (SSSR count). The summed E-state index contributed by atoms with van der Waals surface area (Å²) < 4.78 is 0. The lowest BCUT2D eigenvalue weighted by Crippen LogP contribution is -2.40. The predicted octanol–water partition coefficient (Wildman–Crippen LogP) is 4.35. The lowest BCUT2D eigenvalue weighted by molar-refractivity contribution is 0.104. The third-order valence-corrected chi connectivity index (χ3v) is 5.38. The Morgan fingerprint density at radius 1 is 0.800 bits per heavy atom. The van der Waals surface area contributed by atoms with Gasteiger partial charge in [0.2, 0.25) is 0 Å². The molecule has 1 N–H and O–H groups in total. The zero-order valence-corrected chi connectivity index (χ0v) is 14.5. The van der Waals surface area contributed by atoms with E-state index in [2.05, 4.69) is 30.1 Å². The number of rotatable bonds is 4. The van der Waals surface area contributed by atoms with Gasteiger partial charge in [-0.1, -0.05) is 84.9 Å². The van der Waals surface area contributed by atoms with Crippen molar-refractivity contribution in [3.05, 3.63) is 107 Å². The Hall–Kier alpha value is -2.42. The maximum absolute atomic E-state index is 12.0. The molecule has 1 saturated heterocycles. The van der Waals surface area contributed by atoms with Crippen molar-refractivity contribution in [1.82, 2.24) is 4.90 Å². The number of benzene rings is 3. The maximum Gasteiger partial charge on any atom is 0.140 e. The van der Waals surface area contributed by atoms with Gasteiger partial charge in [0.05, 0.1) is 0 Å². The monoisotopic (exact) mass is 329 g/mol. The number of aliphatic hydroxyl groups is 1. The predicted molar refractivity (Wildman–Crippen MR) is 101 cm³/mol. The maximum atomic E-state index is 12.0. The summed E-state index contributed by atoms with van der Waals surface area (Å²) in [7, 11) is 2.15. The summed E-state index contributed by atoms with van der Waals surface area (Å²) in [6.45, 7) is 1.11. The first-order chi connectivity index (χ1) is 12.2. The highest BCUT2D eigenvalue weighted by atomic mass is 16.3. The highest BCUT2D eigenvalue weighted by Crippen LogP contribution is 2.43. The highest BCUT2D eigenvalue weighted by molar-refractivity contribution is 5.50. The van der Waals surface area contributed by atoms with E-state index in [4.69, 9.17) is 0 Å². The van der Waals surface area contributed by atoms with Crippen molar-refractivity contribution in [1.29, 1.82) is 0 Å². The van der Waals surface area contributed by atoms with Gasteiger partial charge in [0.15, 0.2) is 0 Å². The minimum absolute atomic E-state index is 0.371. The molecule has 1 unspecified atom stereocenters. The second-order valence-electron chi connectivity index (χ2n) is 6.81. The van der Waals surface area contributed by atoms with Crippen LogP contribution in [0.5, 0.6) is 0 Å². The second-order valence-corrected chi connectivity index (χ2v) is 6.81. The van der Waals surface area contributed by atoms with E-state index in [1.165, 1.54) is 5.56 Å². The van der Waals surface area contributed by atoms with Gasteiger partial charge in [-0.05, 0) is 35.7 Å². The van der Waals surface area contributed by atoms with Crippen LogP contribution in [0.25, 0.3) is 0 Å². The van der Waals surface area contributed by atoms with E-state index in [1.807, 2.05) is 66.7 Å². The summed E-state index contributed by atoms with van der Waals surface area (Å²) >= 11 is 0. The van der Waals surface area contributed by atoms with Crippen LogP contribution in [0.1, 0.15) is 34.7 Å².